The molecule has 0 aliphatic carbocycles. The first kappa shape index (κ1) is 14.8. The maximum Gasteiger partial charge on any atom is 0.209 e. The fraction of sp³-hybridized carbons (Fsp3) is 0.278. The van der Waals surface area contributed by atoms with Gasteiger partial charge in [0.25, 0.3) is 0 Å². The highest BCUT2D eigenvalue weighted by atomic mass is 19.1. The largest absolute Gasteiger partial charge is 0.339 e. The standard InChI is InChI=1S/C18H18F2N2/c1-12-9-13(2)17(14(3)10-12)21-7-8-22(11-21)18-15(19)5-4-6-16(18)20/h4-6,9-10H,7-8H2,1-3H3. The van der Waals surface area contributed by atoms with E-state index < -0.39 is 11.6 Å². The molecule has 0 unspecified atom stereocenters. The molecule has 4 heteroatoms. The average Bonchev–Trinajstić information content (AvgIpc) is 2.86. The van der Waals surface area contributed by atoms with Crippen LogP contribution in [0.4, 0.5) is 20.2 Å². The van der Waals surface area contributed by atoms with Crippen molar-refractivity contribution in [2.24, 2.45) is 0 Å². The lowest BCUT2D eigenvalue weighted by atomic mass is 10.0. The SMILES string of the molecule is Cc1cc(C)c(N2[C]N(c3c(F)cccc3F)CC2)c(C)c1. The van der Waals surface area contributed by atoms with Crippen molar-refractivity contribution in [2.45, 2.75) is 20.8 Å². The van der Waals surface area contributed by atoms with Gasteiger partial charge in [-0.2, -0.15) is 0 Å². The molecule has 0 saturated carbocycles. The summed E-state index contributed by atoms with van der Waals surface area (Å²) in [5.74, 6) is -1.13. The van der Waals surface area contributed by atoms with Crippen molar-refractivity contribution in [3.63, 3.8) is 0 Å². The maximum absolute atomic E-state index is 13.9. The summed E-state index contributed by atoms with van der Waals surface area (Å²) in [5, 5.41) is 0. The van der Waals surface area contributed by atoms with E-state index in [4.69, 9.17) is 0 Å². The van der Waals surface area contributed by atoms with Gasteiger partial charge in [-0.15, -0.1) is 0 Å². The van der Waals surface area contributed by atoms with Gasteiger partial charge in [-0.3, -0.25) is 0 Å². The molecule has 2 nitrogen and oxygen atoms in total. The van der Waals surface area contributed by atoms with E-state index in [1.54, 1.807) is 0 Å². The number of halogens is 2. The zero-order valence-electron chi connectivity index (χ0n) is 13.0. The zero-order chi connectivity index (χ0) is 15.9. The predicted octanol–water partition coefficient (Wildman–Crippen LogP) is 4.21. The summed E-state index contributed by atoms with van der Waals surface area (Å²) in [6, 6.07) is 8.12. The van der Waals surface area contributed by atoms with E-state index in [1.807, 2.05) is 18.7 Å². The van der Waals surface area contributed by atoms with E-state index in [9.17, 15) is 8.78 Å². The number of para-hydroxylation sites is 1. The van der Waals surface area contributed by atoms with Crippen LogP contribution < -0.4 is 9.80 Å². The lowest BCUT2D eigenvalue weighted by molar-refractivity contribution is 0.581. The number of aryl methyl sites for hydroxylation is 3. The molecule has 0 spiro atoms. The molecule has 3 rings (SSSR count). The number of hydrogen-bond donors (Lipinski definition) is 0. The van der Waals surface area contributed by atoms with Crippen LogP contribution >= 0.6 is 0 Å². The van der Waals surface area contributed by atoms with Crippen LogP contribution in [0.5, 0.6) is 0 Å². The molecule has 2 radical (unpaired) electrons. The number of benzene rings is 2. The third-order valence-corrected chi connectivity index (χ3v) is 3.90. The Bertz CT molecular complexity index is 669. The molecule has 2 aromatic carbocycles. The first-order valence-corrected chi connectivity index (χ1v) is 7.30. The van der Waals surface area contributed by atoms with Crippen molar-refractivity contribution in [1.82, 2.24) is 0 Å². The Hall–Kier alpha value is -2.10. The van der Waals surface area contributed by atoms with Crippen LogP contribution in [0.3, 0.4) is 0 Å². The van der Waals surface area contributed by atoms with Crippen molar-refractivity contribution in [1.29, 1.82) is 0 Å². The quantitative estimate of drug-likeness (QED) is 0.819. The van der Waals surface area contributed by atoms with Crippen LogP contribution in [0.1, 0.15) is 16.7 Å². The molecule has 0 aromatic heterocycles. The van der Waals surface area contributed by atoms with E-state index in [2.05, 4.69) is 25.7 Å². The summed E-state index contributed by atoms with van der Waals surface area (Å²) in [7, 11) is 0. The van der Waals surface area contributed by atoms with Gasteiger partial charge in [0.05, 0.1) is 0 Å². The third kappa shape index (κ3) is 2.54. The van der Waals surface area contributed by atoms with Gasteiger partial charge >= 0.3 is 0 Å². The van der Waals surface area contributed by atoms with Gasteiger partial charge in [0.1, 0.15) is 17.3 Å². The predicted molar refractivity (Wildman–Crippen MR) is 84.9 cm³/mol. The molecule has 2 aromatic rings. The highest BCUT2D eigenvalue weighted by Gasteiger charge is 2.28. The van der Waals surface area contributed by atoms with Crippen LogP contribution in [0, 0.1) is 39.1 Å². The number of rotatable bonds is 2. The van der Waals surface area contributed by atoms with Crippen LogP contribution in [-0.4, -0.2) is 13.1 Å². The Morgan fingerprint density at radius 2 is 1.36 bits per heavy atom. The molecule has 0 atom stereocenters. The molecule has 22 heavy (non-hydrogen) atoms. The Morgan fingerprint density at radius 3 is 1.91 bits per heavy atom. The second-order valence-corrected chi connectivity index (χ2v) is 5.72. The highest BCUT2D eigenvalue weighted by Crippen LogP contribution is 2.33. The molecule has 0 N–H and O–H groups in total. The first-order valence-electron chi connectivity index (χ1n) is 7.30. The minimum atomic E-state index is -0.563. The molecule has 1 fully saturated rings. The fourth-order valence-corrected chi connectivity index (χ4v) is 3.11. The fourth-order valence-electron chi connectivity index (χ4n) is 3.11. The summed E-state index contributed by atoms with van der Waals surface area (Å²) in [6.45, 7) is 10.4. The van der Waals surface area contributed by atoms with E-state index in [-0.39, 0.29) is 5.69 Å². The molecule has 0 amide bonds. The lowest BCUT2D eigenvalue weighted by Gasteiger charge is -2.23. The van der Waals surface area contributed by atoms with E-state index >= 15 is 0 Å². The Labute approximate surface area is 130 Å². The van der Waals surface area contributed by atoms with Crippen molar-refractivity contribution in [3.05, 3.63) is 65.3 Å². The van der Waals surface area contributed by atoms with Crippen LogP contribution in [-0.2, 0) is 0 Å². The minimum absolute atomic E-state index is 0.0348. The highest BCUT2D eigenvalue weighted by molar-refractivity contribution is 5.65. The molecule has 1 heterocycles. The second kappa shape index (κ2) is 5.59. The van der Waals surface area contributed by atoms with Gasteiger partial charge in [0.2, 0.25) is 6.67 Å². The molecule has 1 aliphatic heterocycles. The van der Waals surface area contributed by atoms with E-state index in [0.29, 0.717) is 13.1 Å². The van der Waals surface area contributed by atoms with Crippen LogP contribution in [0.25, 0.3) is 0 Å². The Morgan fingerprint density at radius 1 is 0.864 bits per heavy atom. The maximum atomic E-state index is 13.9. The lowest BCUT2D eigenvalue weighted by Crippen LogP contribution is -2.21. The third-order valence-electron chi connectivity index (χ3n) is 3.90. The summed E-state index contributed by atoms with van der Waals surface area (Å²) < 4.78 is 27.8. The van der Waals surface area contributed by atoms with Crippen LogP contribution in [0.15, 0.2) is 30.3 Å². The Balaban J connectivity index is 1.90. The zero-order valence-corrected chi connectivity index (χ0v) is 13.0. The van der Waals surface area contributed by atoms with Crippen molar-refractivity contribution < 1.29 is 8.78 Å². The summed E-state index contributed by atoms with van der Waals surface area (Å²) in [6.07, 6.45) is 0. The van der Waals surface area contributed by atoms with Gasteiger partial charge in [-0.1, -0.05) is 23.8 Å². The van der Waals surface area contributed by atoms with E-state index in [1.165, 1.54) is 28.7 Å². The first-order chi connectivity index (χ1) is 10.5. The van der Waals surface area contributed by atoms with E-state index in [0.717, 1.165) is 16.8 Å². The van der Waals surface area contributed by atoms with Gasteiger partial charge in [0.15, 0.2) is 0 Å². The number of anilines is 2. The molecule has 1 aliphatic rings. The molecule has 1 saturated heterocycles. The van der Waals surface area contributed by atoms with Crippen molar-refractivity contribution in [3.8, 4) is 0 Å². The monoisotopic (exact) mass is 300 g/mol. The van der Waals surface area contributed by atoms with Gasteiger partial charge in [-0.05, 0) is 44.0 Å². The number of nitrogens with zero attached hydrogens (tertiary/aromatic N) is 2. The molecular weight excluding hydrogens is 282 g/mol. The Kier molecular flexibility index (Phi) is 3.77. The topological polar surface area (TPSA) is 6.48 Å². The normalized spacial score (nSPS) is 14.8. The molecular formula is C18H18F2N2. The van der Waals surface area contributed by atoms with Gasteiger partial charge < -0.3 is 9.80 Å². The summed E-state index contributed by atoms with van der Waals surface area (Å²) in [4.78, 5) is 3.46. The van der Waals surface area contributed by atoms with Gasteiger partial charge in [0, 0.05) is 18.8 Å². The van der Waals surface area contributed by atoms with Crippen LogP contribution in [0.2, 0.25) is 0 Å². The number of hydrogen-bond acceptors (Lipinski definition) is 2. The van der Waals surface area contributed by atoms with Crippen molar-refractivity contribution in [2.75, 3.05) is 22.9 Å². The second-order valence-electron chi connectivity index (χ2n) is 5.72. The molecule has 0 bridgehead atoms. The smallest absolute Gasteiger partial charge is 0.209 e. The average molecular weight is 300 g/mol. The summed E-state index contributed by atoms with van der Waals surface area (Å²) >= 11 is 0. The molecule has 114 valence electrons. The van der Waals surface area contributed by atoms with Gasteiger partial charge in [-0.25, -0.2) is 8.78 Å². The van der Waals surface area contributed by atoms with Crippen molar-refractivity contribution >= 4 is 11.4 Å². The minimum Gasteiger partial charge on any atom is -0.339 e. The summed E-state index contributed by atoms with van der Waals surface area (Å²) in [5.41, 5.74) is 4.51.